The predicted molar refractivity (Wildman–Crippen MR) is 60.9 cm³/mol. The first-order valence-electron chi connectivity index (χ1n) is 6.14. The summed E-state index contributed by atoms with van der Waals surface area (Å²) in [7, 11) is -2.08. The van der Waals surface area contributed by atoms with E-state index in [1.807, 2.05) is 0 Å². The van der Waals surface area contributed by atoms with Crippen LogP contribution in [0.3, 0.4) is 0 Å². The van der Waals surface area contributed by atoms with Crippen molar-refractivity contribution in [3.8, 4) is 0 Å². The van der Waals surface area contributed by atoms with Gasteiger partial charge in [0.25, 0.3) is 0 Å². The van der Waals surface area contributed by atoms with Gasteiger partial charge in [-0.05, 0) is 23.5 Å². The molecular formula is C11H22O3Si. The summed E-state index contributed by atoms with van der Waals surface area (Å²) >= 11 is 0. The van der Waals surface area contributed by atoms with Crippen LogP contribution in [0.15, 0.2) is 0 Å². The van der Waals surface area contributed by atoms with E-state index in [0.717, 1.165) is 12.1 Å². The number of rotatable bonds is 1. The van der Waals surface area contributed by atoms with Crippen molar-refractivity contribution in [2.24, 2.45) is 5.92 Å². The van der Waals surface area contributed by atoms with Crippen molar-refractivity contribution in [1.29, 1.82) is 0 Å². The molecule has 2 heterocycles. The zero-order chi connectivity index (χ0) is 10.9. The Morgan fingerprint density at radius 2 is 1.87 bits per heavy atom. The molecule has 0 aromatic heterocycles. The second-order valence-electron chi connectivity index (χ2n) is 5.27. The van der Waals surface area contributed by atoms with E-state index in [-0.39, 0.29) is 0 Å². The van der Waals surface area contributed by atoms with Gasteiger partial charge in [-0.1, -0.05) is 26.2 Å². The van der Waals surface area contributed by atoms with Crippen molar-refractivity contribution >= 4 is 8.32 Å². The van der Waals surface area contributed by atoms with Gasteiger partial charge in [0.2, 0.25) is 0 Å². The van der Waals surface area contributed by atoms with Gasteiger partial charge in [-0.2, -0.15) is 0 Å². The van der Waals surface area contributed by atoms with Gasteiger partial charge in [0.15, 0.2) is 14.6 Å². The summed E-state index contributed by atoms with van der Waals surface area (Å²) in [6, 6.07) is 2.07. The fourth-order valence-corrected chi connectivity index (χ4v) is 7.69. The molecule has 2 aliphatic heterocycles. The van der Waals surface area contributed by atoms with E-state index in [1.165, 1.54) is 19.3 Å². The topological polar surface area (TPSA) is 49.7 Å². The fourth-order valence-electron chi connectivity index (χ4n) is 3.18. The third-order valence-corrected chi connectivity index (χ3v) is 8.73. The Hall–Kier alpha value is 0.0969. The molecule has 0 saturated carbocycles. The Labute approximate surface area is 92.6 Å². The van der Waals surface area contributed by atoms with Gasteiger partial charge in [-0.25, -0.2) is 0 Å². The maximum Gasteiger partial charge on any atom is 0.192 e. The van der Waals surface area contributed by atoms with Gasteiger partial charge < -0.3 is 14.6 Å². The summed E-state index contributed by atoms with van der Waals surface area (Å²) in [5.41, 5.74) is 0.349. The highest BCUT2D eigenvalue weighted by Crippen LogP contribution is 2.44. The molecule has 0 aromatic rings. The Morgan fingerprint density at radius 3 is 2.53 bits per heavy atom. The minimum Gasteiger partial charge on any atom is -0.431 e. The molecule has 1 unspecified atom stereocenters. The number of aliphatic hydroxyl groups excluding tert-OH is 1. The highest BCUT2D eigenvalue weighted by atomic mass is 28.4. The second-order valence-corrected chi connectivity index (χ2v) is 9.22. The summed E-state index contributed by atoms with van der Waals surface area (Å²) in [4.78, 5) is 10.8. The number of ether oxygens (including phenoxy) is 1. The van der Waals surface area contributed by atoms with Gasteiger partial charge in [-0.15, -0.1) is 0 Å². The van der Waals surface area contributed by atoms with Crippen LogP contribution in [0.5, 0.6) is 0 Å². The molecule has 0 aromatic carbocycles. The zero-order valence-corrected chi connectivity index (χ0v) is 10.5. The van der Waals surface area contributed by atoms with Crippen LogP contribution in [0, 0.1) is 5.92 Å². The number of hydrogen-bond acceptors (Lipinski definition) is 3. The van der Waals surface area contributed by atoms with Crippen LogP contribution in [-0.2, 0) is 4.74 Å². The quantitative estimate of drug-likeness (QED) is 0.676. The van der Waals surface area contributed by atoms with Gasteiger partial charge in [0.05, 0.1) is 6.61 Å². The van der Waals surface area contributed by atoms with Gasteiger partial charge in [0, 0.05) is 6.42 Å². The van der Waals surface area contributed by atoms with E-state index >= 15 is 0 Å². The van der Waals surface area contributed by atoms with E-state index in [9.17, 15) is 9.90 Å². The molecule has 2 N–H and O–H groups in total. The zero-order valence-electron chi connectivity index (χ0n) is 9.48. The van der Waals surface area contributed by atoms with Gasteiger partial charge in [-0.3, -0.25) is 0 Å². The Morgan fingerprint density at radius 1 is 1.20 bits per heavy atom. The maximum atomic E-state index is 10.8. The second kappa shape index (κ2) is 4.53. The van der Waals surface area contributed by atoms with Crippen LogP contribution >= 0.6 is 0 Å². The molecule has 3 atom stereocenters. The molecule has 0 aliphatic carbocycles. The first-order valence-corrected chi connectivity index (χ1v) is 8.58. The largest absolute Gasteiger partial charge is 0.431 e. The smallest absolute Gasteiger partial charge is 0.192 e. The minimum atomic E-state index is -2.08. The standard InChI is InChI=1S/C11H22O3Si/c1-9-8-14-11(12)7-10(9)15(13)5-3-2-4-6-15/h9-13H,2-8H2,1H3/t9-,10+,11?/m1/s1. The molecule has 4 heteroatoms. The van der Waals surface area contributed by atoms with E-state index in [4.69, 9.17) is 4.74 Å². The van der Waals surface area contributed by atoms with Crippen molar-refractivity contribution in [2.45, 2.75) is 56.5 Å². The molecule has 2 fully saturated rings. The Bertz CT molecular complexity index is 216. The lowest BCUT2D eigenvalue weighted by molar-refractivity contribution is -0.139. The number of hydrogen-bond donors (Lipinski definition) is 2. The highest BCUT2D eigenvalue weighted by molar-refractivity contribution is 6.74. The van der Waals surface area contributed by atoms with Crippen molar-refractivity contribution in [3.05, 3.63) is 0 Å². The average molecular weight is 230 g/mol. The normalized spacial score (nSPS) is 41.4. The van der Waals surface area contributed by atoms with Crippen LogP contribution in [0.4, 0.5) is 0 Å². The van der Waals surface area contributed by atoms with Crippen LogP contribution < -0.4 is 0 Å². The van der Waals surface area contributed by atoms with Crippen LogP contribution in [0.2, 0.25) is 17.6 Å². The van der Waals surface area contributed by atoms with Crippen LogP contribution in [0.25, 0.3) is 0 Å². The number of aliphatic hydroxyl groups is 1. The molecular weight excluding hydrogens is 208 g/mol. The van der Waals surface area contributed by atoms with E-state index < -0.39 is 14.6 Å². The van der Waals surface area contributed by atoms with Crippen molar-refractivity contribution < 1.29 is 14.6 Å². The predicted octanol–water partition coefficient (Wildman–Crippen LogP) is 1.85. The highest BCUT2D eigenvalue weighted by Gasteiger charge is 2.46. The van der Waals surface area contributed by atoms with Gasteiger partial charge in [0.1, 0.15) is 0 Å². The van der Waals surface area contributed by atoms with E-state index in [2.05, 4.69) is 6.92 Å². The lowest BCUT2D eigenvalue weighted by Gasteiger charge is -2.43. The molecule has 0 spiro atoms. The van der Waals surface area contributed by atoms with E-state index in [1.54, 1.807) is 0 Å². The summed E-state index contributed by atoms with van der Waals surface area (Å²) in [5.74, 6) is 0.420. The third kappa shape index (κ3) is 2.44. The van der Waals surface area contributed by atoms with Crippen molar-refractivity contribution in [3.63, 3.8) is 0 Å². The van der Waals surface area contributed by atoms with Crippen molar-refractivity contribution in [2.75, 3.05) is 6.61 Å². The molecule has 2 rings (SSSR count). The first kappa shape index (κ1) is 11.6. The SMILES string of the molecule is C[C@@H]1COC(O)C[C@@H]1[Si]1(O)CCCCC1. The molecule has 2 saturated heterocycles. The molecule has 3 nitrogen and oxygen atoms in total. The van der Waals surface area contributed by atoms with Crippen LogP contribution in [0.1, 0.15) is 32.6 Å². The molecule has 15 heavy (non-hydrogen) atoms. The molecule has 88 valence electrons. The average Bonchev–Trinajstić information content (AvgIpc) is 2.23. The molecule has 0 radical (unpaired) electrons. The third-order valence-electron chi connectivity index (χ3n) is 4.10. The molecule has 0 bridgehead atoms. The van der Waals surface area contributed by atoms with Crippen LogP contribution in [-0.4, -0.2) is 31.1 Å². The fraction of sp³-hybridized carbons (Fsp3) is 1.00. The minimum absolute atomic E-state index is 0.349. The van der Waals surface area contributed by atoms with Crippen molar-refractivity contribution in [1.82, 2.24) is 0 Å². The van der Waals surface area contributed by atoms with E-state index in [0.29, 0.717) is 24.5 Å². The Balaban J connectivity index is 2.05. The maximum absolute atomic E-state index is 10.8. The Kier molecular flexibility index (Phi) is 3.50. The molecule has 2 aliphatic rings. The molecule has 0 amide bonds. The summed E-state index contributed by atoms with van der Waals surface area (Å²) in [5, 5.41) is 9.53. The summed E-state index contributed by atoms with van der Waals surface area (Å²) < 4.78 is 5.22. The lowest BCUT2D eigenvalue weighted by Crippen LogP contribution is -2.48. The summed E-state index contributed by atoms with van der Waals surface area (Å²) in [6.45, 7) is 2.76. The lowest BCUT2D eigenvalue weighted by atomic mass is 10.0. The monoisotopic (exact) mass is 230 g/mol. The first-order chi connectivity index (χ1) is 7.12. The summed E-state index contributed by atoms with van der Waals surface area (Å²) in [6.07, 6.45) is 3.66. The van der Waals surface area contributed by atoms with Gasteiger partial charge >= 0.3 is 0 Å².